The van der Waals surface area contributed by atoms with Gasteiger partial charge in [0.25, 0.3) is 0 Å². The summed E-state index contributed by atoms with van der Waals surface area (Å²) in [6, 6.07) is 10.4. The Morgan fingerprint density at radius 1 is 1.25 bits per heavy atom. The molecule has 0 aliphatic carbocycles. The Bertz CT molecular complexity index is 676. The lowest BCUT2D eigenvalue weighted by molar-refractivity contribution is -0.136. The van der Waals surface area contributed by atoms with Crippen LogP contribution in [-0.4, -0.2) is 47.5 Å². The van der Waals surface area contributed by atoms with Crippen molar-refractivity contribution in [1.29, 1.82) is 0 Å². The molecule has 1 saturated heterocycles. The highest BCUT2D eigenvalue weighted by Gasteiger charge is 2.30. The predicted molar refractivity (Wildman–Crippen MR) is 92.7 cm³/mol. The molecule has 1 atom stereocenters. The maximum Gasteiger partial charge on any atom is 0.223 e. The molecule has 1 aromatic heterocycles. The molecule has 2 aromatic rings. The van der Waals surface area contributed by atoms with Gasteiger partial charge in [-0.1, -0.05) is 35.5 Å². The average Bonchev–Trinajstić information content (AvgIpc) is 2.91. The van der Waals surface area contributed by atoms with E-state index in [1.165, 1.54) is 5.56 Å². The summed E-state index contributed by atoms with van der Waals surface area (Å²) in [6.07, 6.45) is 1.18. The van der Waals surface area contributed by atoms with E-state index in [1.807, 2.05) is 36.9 Å². The minimum Gasteiger partial charge on any atom is -0.361 e. The second kappa shape index (κ2) is 7.18. The highest BCUT2D eigenvalue weighted by Crippen LogP contribution is 2.26. The molecule has 1 aliphatic heterocycles. The summed E-state index contributed by atoms with van der Waals surface area (Å²) in [5.74, 6) is 1.02. The molecular formula is C19H25N3O2. The van der Waals surface area contributed by atoms with Crippen LogP contribution in [-0.2, 0) is 11.2 Å². The molecule has 0 saturated carbocycles. The topological polar surface area (TPSA) is 49.6 Å². The standard InChI is InChI=1S/C19H25N3O2/c1-14-17(15(2)24-20-14)9-10-19(23)22-12-11-21(3)13-18(22)16-7-5-4-6-8-16/h4-8,18H,9-13H2,1-3H3/t18-/m0/s1. The molecule has 1 amide bonds. The van der Waals surface area contributed by atoms with Gasteiger partial charge in [0.05, 0.1) is 11.7 Å². The zero-order valence-electron chi connectivity index (χ0n) is 14.7. The summed E-state index contributed by atoms with van der Waals surface area (Å²) < 4.78 is 5.20. The van der Waals surface area contributed by atoms with E-state index in [4.69, 9.17) is 4.52 Å². The number of amides is 1. The van der Waals surface area contributed by atoms with E-state index in [1.54, 1.807) is 0 Å². The molecule has 0 N–H and O–H groups in total. The summed E-state index contributed by atoms with van der Waals surface area (Å²) in [5, 5.41) is 3.97. The maximum atomic E-state index is 12.9. The second-order valence-electron chi connectivity index (χ2n) is 6.58. The maximum absolute atomic E-state index is 12.9. The van der Waals surface area contributed by atoms with E-state index in [2.05, 4.69) is 29.2 Å². The molecule has 0 radical (unpaired) electrons. The van der Waals surface area contributed by atoms with Crippen molar-refractivity contribution >= 4 is 5.91 Å². The fourth-order valence-electron chi connectivity index (χ4n) is 3.41. The quantitative estimate of drug-likeness (QED) is 0.866. The van der Waals surface area contributed by atoms with Crippen molar-refractivity contribution in [3.05, 3.63) is 52.9 Å². The minimum absolute atomic E-state index is 0.127. The summed E-state index contributed by atoms with van der Waals surface area (Å²) in [5.41, 5.74) is 3.15. The van der Waals surface area contributed by atoms with Crippen molar-refractivity contribution in [2.24, 2.45) is 0 Å². The number of hydrogen-bond donors (Lipinski definition) is 0. The van der Waals surface area contributed by atoms with E-state index in [9.17, 15) is 4.79 Å². The van der Waals surface area contributed by atoms with Crippen LogP contribution in [0.25, 0.3) is 0 Å². The molecule has 5 nitrogen and oxygen atoms in total. The Kier molecular flexibility index (Phi) is 5.00. The largest absolute Gasteiger partial charge is 0.361 e. The lowest BCUT2D eigenvalue weighted by atomic mass is 10.0. The van der Waals surface area contributed by atoms with Crippen LogP contribution in [0, 0.1) is 13.8 Å². The lowest BCUT2D eigenvalue weighted by Gasteiger charge is -2.40. The van der Waals surface area contributed by atoms with Gasteiger partial charge in [-0.05, 0) is 32.9 Å². The Hall–Kier alpha value is -2.14. The number of carbonyl (C=O) groups is 1. The van der Waals surface area contributed by atoms with Crippen molar-refractivity contribution in [3.63, 3.8) is 0 Å². The molecule has 3 rings (SSSR count). The molecule has 0 spiro atoms. The molecular weight excluding hydrogens is 302 g/mol. The molecule has 1 fully saturated rings. The highest BCUT2D eigenvalue weighted by molar-refractivity contribution is 5.77. The third kappa shape index (κ3) is 3.51. The Labute approximate surface area is 143 Å². The van der Waals surface area contributed by atoms with Crippen molar-refractivity contribution < 1.29 is 9.32 Å². The summed E-state index contributed by atoms with van der Waals surface area (Å²) in [6.45, 7) is 6.40. The lowest BCUT2D eigenvalue weighted by Crippen LogP contribution is -2.49. The summed E-state index contributed by atoms with van der Waals surface area (Å²) in [4.78, 5) is 17.2. The molecule has 24 heavy (non-hydrogen) atoms. The van der Waals surface area contributed by atoms with Gasteiger partial charge in [-0.3, -0.25) is 4.79 Å². The molecule has 5 heteroatoms. The molecule has 128 valence electrons. The van der Waals surface area contributed by atoms with Gasteiger partial charge >= 0.3 is 0 Å². The van der Waals surface area contributed by atoms with E-state index < -0.39 is 0 Å². The molecule has 1 aromatic carbocycles. The van der Waals surface area contributed by atoms with Crippen LogP contribution in [0.5, 0.6) is 0 Å². The third-order valence-electron chi connectivity index (χ3n) is 4.86. The Morgan fingerprint density at radius 3 is 2.67 bits per heavy atom. The van der Waals surface area contributed by atoms with Gasteiger partial charge in [0.1, 0.15) is 5.76 Å². The first-order chi connectivity index (χ1) is 11.6. The zero-order chi connectivity index (χ0) is 17.1. The van der Waals surface area contributed by atoms with Crippen molar-refractivity contribution in [3.8, 4) is 0 Å². The smallest absolute Gasteiger partial charge is 0.223 e. The second-order valence-corrected chi connectivity index (χ2v) is 6.58. The zero-order valence-corrected chi connectivity index (χ0v) is 14.7. The fraction of sp³-hybridized carbons (Fsp3) is 0.474. The van der Waals surface area contributed by atoms with Gasteiger partial charge in [-0.2, -0.15) is 0 Å². The van der Waals surface area contributed by atoms with Crippen LogP contribution < -0.4 is 0 Å². The van der Waals surface area contributed by atoms with Gasteiger partial charge in [-0.25, -0.2) is 0 Å². The molecule has 0 unspecified atom stereocenters. The SMILES string of the molecule is Cc1noc(C)c1CCC(=O)N1CCN(C)C[C@H]1c1ccccc1. The first-order valence-corrected chi connectivity index (χ1v) is 8.51. The van der Waals surface area contributed by atoms with Crippen LogP contribution in [0.3, 0.4) is 0 Å². The van der Waals surface area contributed by atoms with E-state index in [-0.39, 0.29) is 11.9 Å². The number of benzene rings is 1. The number of aryl methyl sites for hydroxylation is 2. The van der Waals surface area contributed by atoms with E-state index in [0.717, 1.165) is 36.7 Å². The predicted octanol–water partition coefficient (Wildman–Crippen LogP) is 2.74. The fourth-order valence-corrected chi connectivity index (χ4v) is 3.41. The first-order valence-electron chi connectivity index (χ1n) is 8.51. The monoisotopic (exact) mass is 327 g/mol. The molecule has 0 bridgehead atoms. The number of likely N-dealkylation sites (N-methyl/N-ethyl adjacent to an activating group) is 1. The van der Waals surface area contributed by atoms with Gasteiger partial charge < -0.3 is 14.3 Å². The van der Waals surface area contributed by atoms with Crippen molar-refractivity contribution in [1.82, 2.24) is 15.0 Å². The van der Waals surface area contributed by atoms with Crippen molar-refractivity contribution in [2.75, 3.05) is 26.7 Å². The van der Waals surface area contributed by atoms with Gasteiger partial charge in [0.15, 0.2) is 0 Å². The number of hydrogen-bond acceptors (Lipinski definition) is 4. The third-order valence-corrected chi connectivity index (χ3v) is 4.86. The van der Waals surface area contributed by atoms with E-state index in [0.29, 0.717) is 12.8 Å². The highest BCUT2D eigenvalue weighted by atomic mass is 16.5. The van der Waals surface area contributed by atoms with Gasteiger partial charge in [-0.15, -0.1) is 0 Å². The van der Waals surface area contributed by atoms with Gasteiger partial charge in [0, 0.05) is 31.6 Å². The average molecular weight is 327 g/mol. The summed E-state index contributed by atoms with van der Waals surface area (Å²) >= 11 is 0. The van der Waals surface area contributed by atoms with E-state index >= 15 is 0 Å². The van der Waals surface area contributed by atoms with Gasteiger partial charge in [0.2, 0.25) is 5.91 Å². The summed E-state index contributed by atoms with van der Waals surface area (Å²) in [7, 11) is 2.11. The van der Waals surface area contributed by atoms with Crippen molar-refractivity contribution in [2.45, 2.75) is 32.7 Å². The molecule has 1 aliphatic rings. The first kappa shape index (κ1) is 16.7. The number of carbonyl (C=O) groups excluding carboxylic acids is 1. The number of aromatic nitrogens is 1. The Balaban J connectivity index is 1.72. The number of nitrogens with zero attached hydrogens (tertiary/aromatic N) is 3. The number of piperazine rings is 1. The van der Waals surface area contributed by atoms with Crippen LogP contribution in [0.2, 0.25) is 0 Å². The molecule has 2 heterocycles. The van der Waals surface area contributed by atoms with Crippen LogP contribution in [0.4, 0.5) is 0 Å². The van der Waals surface area contributed by atoms with Crippen LogP contribution in [0.1, 0.15) is 35.0 Å². The van der Waals surface area contributed by atoms with Crippen LogP contribution in [0.15, 0.2) is 34.9 Å². The number of rotatable bonds is 4. The normalized spacial score (nSPS) is 18.8. The van der Waals surface area contributed by atoms with Crippen LogP contribution >= 0.6 is 0 Å². The Morgan fingerprint density at radius 2 is 2.00 bits per heavy atom. The minimum atomic E-state index is 0.127.